The van der Waals surface area contributed by atoms with Gasteiger partial charge in [-0.15, -0.1) is 0 Å². The molecule has 0 radical (unpaired) electrons. The average Bonchev–Trinajstić information content (AvgIpc) is 2.92. The lowest BCUT2D eigenvalue weighted by Gasteiger charge is -2.38. The summed E-state index contributed by atoms with van der Waals surface area (Å²) in [5.74, 6) is -0.0394. The zero-order chi connectivity index (χ0) is 18.2. The number of likely N-dealkylation sites (N-methyl/N-ethyl adjacent to an activating group) is 1. The molecular formula is C18H23FN4O2. The number of carbonyl (C=O) groups excluding carboxylic acids is 1. The highest BCUT2D eigenvalue weighted by Gasteiger charge is 2.36. The fourth-order valence-corrected chi connectivity index (χ4v) is 3.25. The lowest BCUT2D eigenvalue weighted by molar-refractivity contribution is -0.124. The Morgan fingerprint density at radius 3 is 2.88 bits per heavy atom. The summed E-state index contributed by atoms with van der Waals surface area (Å²) in [6, 6.07) is 3.66. The number of hydrogen-bond donors (Lipinski definition) is 2. The minimum atomic E-state index is -0.511. The maximum absolute atomic E-state index is 13.6. The highest BCUT2D eigenvalue weighted by molar-refractivity contribution is 5.83. The Kier molecular flexibility index (Phi) is 4.51. The lowest BCUT2D eigenvalue weighted by atomic mass is 9.89. The molecule has 2 aromatic rings. The Balaban J connectivity index is 1.85. The van der Waals surface area contributed by atoms with E-state index in [0.717, 1.165) is 11.1 Å². The van der Waals surface area contributed by atoms with E-state index in [9.17, 15) is 9.18 Å². The van der Waals surface area contributed by atoms with Crippen molar-refractivity contribution < 1.29 is 13.9 Å². The number of benzene rings is 1. The fraction of sp³-hybridized carbons (Fsp3) is 0.444. The Morgan fingerprint density at radius 2 is 2.24 bits per heavy atom. The van der Waals surface area contributed by atoms with Crippen LogP contribution in [0.3, 0.4) is 0 Å². The summed E-state index contributed by atoms with van der Waals surface area (Å²) < 4.78 is 21.1. The first-order valence-corrected chi connectivity index (χ1v) is 8.24. The third-order valence-corrected chi connectivity index (χ3v) is 4.36. The van der Waals surface area contributed by atoms with Gasteiger partial charge in [-0.25, -0.2) is 4.39 Å². The monoisotopic (exact) mass is 346 g/mol. The number of ether oxygens (including phenoxy) is 1. The summed E-state index contributed by atoms with van der Waals surface area (Å²) >= 11 is 0. The molecule has 1 aliphatic heterocycles. The van der Waals surface area contributed by atoms with Crippen molar-refractivity contribution in [2.45, 2.75) is 38.0 Å². The maximum Gasteiger partial charge on any atom is 0.242 e. The zero-order valence-electron chi connectivity index (χ0n) is 14.8. The van der Waals surface area contributed by atoms with Crippen molar-refractivity contribution in [1.82, 2.24) is 20.4 Å². The molecule has 2 heterocycles. The number of hydrogen-bond acceptors (Lipinski definition) is 4. The fourth-order valence-electron chi connectivity index (χ4n) is 3.25. The van der Waals surface area contributed by atoms with E-state index in [1.54, 1.807) is 37.2 Å². The van der Waals surface area contributed by atoms with Gasteiger partial charge in [0, 0.05) is 36.9 Å². The van der Waals surface area contributed by atoms with Gasteiger partial charge < -0.3 is 15.4 Å². The van der Waals surface area contributed by atoms with Gasteiger partial charge in [-0.3, -0.25) is 9.48 Å². The van der Waals surface area contributed by atoms with Gasteiger partial charge in [0.25, 0.3) is 0 Å². The van der Waals surface area contributed by atoms with E-state index < -0.39 is 11.6 Å². The van der Waals surface area contributed by atoms with Crippen LogP contribution in [0.4, 0.5) is 4.39 Å². The van der Waals surface area contributed by atoms with Gasteiger partial charge in [0.1, 0.15) is 23.2 Å². The van der Waals surface area contributed by atoms with Crippen molar-refractivity contribution in [3.63, 3.8) is 0 Å². The summed E-state index contributed by atoms with van der Waals surface area (Å²) in [4.78, 5) is 12.8. The molecule has 0 aliphatic carbocycles. The van der Waals surface area contributed by atoms with Gasteiger partial charge in [-0.05, 0) is 27.0 Å². The number of aromatic nitrogens is 2. The van der Waals surface area contributed by atoms with E-state index >= 15 is 0 Å². The van der Waals surface area contributed by atoms with Gasteiger partial charge in [-0.1, -0.05) is 6.07 Å². The number of nitrogens with one attached hydrogen (secondary N) is 2. The molecule has 7 heteroatoms. The number of nitrogens with zero attached hydrogens (tertiary/aromatic N) is 2. The molecule has 2 atom stereocenters. The van der Waals surface area contributed by atoms with Crippen molar-refractivity contribution in [1.29, 1.82) is 0 Å². The quantitative estimate of drug-likeness (QED) is 0.891. The van der Waals surface area contributed by atoms with Crippen molar-refractivity contribution in [2.24, 2.45) is 7.05 Å². The number of aryl methyl sites for hydroxylation is 1. The number of rotatable bonds is 4. The maximum atomic E-state index is 13.6. The van der Waals surface area contributed by atoms with Crippen LogP contribution in [0.15, 0.2) is 30.6 Å². The molecule has 1 amide bonds. The van der Waals surface area contributed by atoms with Crippen LogP contribution >= 0.6 is 0 Å². The van der Waals surface area contributed by atoms with Gasteiger partial charge in [0.2, 0.25) is 5.91 Å². The molecule has 1 aromatic carbocycles. The van der Waals surface area contributed by atoms with E-state index in [4.69, 9.17) is 4.74 Å². The minimum absolute atomic E-state index is 0.159. The lowest BCUT2D eigenvalue weighted by Crippen LogP contribution is -2.44. The molecule has 3 rings (SSSR count). The molecule has 0 saturated heterocycles. The van der Waals surface area contributed by atoms with Crippen LogP contribution in [0.2, 0.25) is 0 Å². The third kappa shape index (κ3) is 3.66. The molecule has 0 saturated carbocycles. The van der Waals surface area contributed by atoms with Crippen LogP contribution in [0.1, 0.15) is 43.5 Å². The van der Waals surface area contributed by atoms with Crippen LogP contribution in [-0.2, 0) is 11.8 Å². The summed E-state index contributed by atoms with van der Waals surface area (Å²) in [6.45, 7) is 3.85. The van der Waals surface area contributed by atoms with E-state index in [1.165, 1.54) is 12.1 Å². The molecular weight excluding hydrogens is 323 g/mol. The first kappa shape index (κ1) is 17.4. The number of halogens is 1. The van der Waals surface area contributed by atoms with Gasteiger partial charge in [-0.2, -0.15) is 5.10 Å². The molecule has 2 unspecified atom stereocenters. The molecule has 2 N–H and O–H groups in total. The number of carbonyl (C=O) groups is 1. The van der Waals surface area contributed by atoms with Crippen LogP contribution in [0, 0.1) is 5.82 Å². The molecule has 1 aliphatic rings. The van der Waals surface area contributed by atoms with Crippen LogP contribution in [-0.4, -0.2) is 28.3 Å². The second-order valence-electron chi connectivity index (χ2n) is 6.98. The molecule has 6 nitrogen and oxygen atoms in total. The first-order valence-electron chi connectivity index (χ1n) is 8.24. The molecule has 25 heavy (non-hydrogen) atoms. The summed E-state index contributed by atoms with van der Waals surface area (Å²) in [6.07, 6.45) is 4.07. The first-order chi connectivity index (χ1) is 11.8. The summed E-state index contributed by atoms with van der Waals surface area (Å²) in [5.41, 5.74) is 1.07. The number of amides is 1. The van der Waals surface area contributed by atoms with Crippen molar-refractivity contribution in [3.8, 4) is 5.75 Å². The smallest absolute Gasteiger partial charge is 0.242 e. The van der Waals surface area contributed by atoms with E-state index in [1.807, 2.05) is 13.8 Å². The summed E-state index contributed by atoms with van der Waals surface area (Å²) in [7, 11) is 3.54. The normalized spacial score (nSPS) is 19.6. The summed E-state index contributed by atoms with van der Waals surface area (Å²) in [5, 5.41) is 10.2. The molecule has 1 aromatic heterocycles. The second-order valence-corrected chi connectivity index (χ2v) is 6.98. The second kappa shape index (κ2) is 6.48. The Bertz CT molecular complexity index is 787. The highest BCUT2D eigenvalue weighted by atomic mass is 19.1. The van der Waals surface area contributed by atoms with Crippen LogP contribution in [0.5, 0.6) is 5.75 Å². The topological polar surface area (TPSA) is 68.2 Å². The minimum Gasteiger partial charge on any atom is -0.487 e. The largest absolute Gasteiger partial charge is 0.487 e. The highest BCUT2D eigenvalue weighted by Crippen LogP contribution is 2.40. The average molecular weight is 346 g/mol. The zero-order valence-corrected chi connectivity index (χ0v) is 14.8. The molecule has 0 spiro atoms. The predicted molar refractivity (Wildman–Crippen MR) is 91.6 cm³/mol. The predicted octanol–water partition coefficient (Wildman–Crippen LogP) is 2.24. The Labute approximate surface area is 146 Å². The third-order valence-electron chi connectivity index (χ3n) is 4.36. The Morgan fingerprint density at radius 1 is 1.48 bits per heavy atom. The van der Waals surface area contributed by atoms with E-state index in [-0.39, 0.29) is 17.8 Å². The number of fused-ring (bicyclic) bond motifs is 1. The van der Waals surface area contributed by atoms with E-state index in [0.29, 0.717) is 12.2 Å². The van der Waals surface area contributed by atoms with Gasteiger partial charge >= 0.3 is 0 Å². The molecule has 0 fully saturated rings. The van der Waals surface area contributed by atoms with Crippen LogP contribution in [0.25, 0.3) is 0 Å². The van der Waals surface area contributed by atoms with Crippen LogP contribution < -0.4 is 15.4 Å². The van der Waals surface area contributed by atoms with E-state index in [2.05, 4.69) is 15.7 Å². The Hall–Kier alpha value is -2.41. The van der Waals surface area contributed by atoms with Gasteiger partial charge in [0.05, 0.1) is 12.2 Å². The molecule has 0 bridgehead atoms. The van der Waals surface area contributed by atoms with Crippen molar-refractivity contribution in [2.75, 3.05) is 7.05 Å². The van der Waals surface area contributed by atoms with Gasteiger partial charge in [0.15, 0.2) is 0 Å². The van der Waals surface area contributed by atoms with Crippen molar-refractivity contribution in [3.05, 3.63) is 47.5 Å². The SMILES string of the molecule is CNC(C(=O)NC1CC(C)(C)Oc2cc(F)ccc21)c1cnn(C)c1. The van der Waals surface area contributed by atoms with Crippen molar-refractivity contribution >= 4 is 5.91 Å². The molecule has 134 valence electrons. The standard InChI is InChI=1S/C18H23FN4O2/c1-18(2)8-14(13-6-5-12(19)7-15(13)25-18)22-17(24)16(20-3)11-9-21-23(4)10-11/h5-7,9-10,14,16,20H,8H2,1-4H3,(H,22,24).